The second-order valence-corrected chi connectivity index (χ2v) is 6.01. The molecule has 1 aromatic carbocycles. The molecule has 3 heteroatoms. The van der Waals surface area contributed by atoms with E-state index in [9.17, 15) is 0 Å². The predicted molar refractivity (Wildman–Crippen MR) is 102 cm³/mol. The van der Waals surface area contributed by atoms with Crippen LogP contribution in [0.2, 0.25) is 0 Å². The fourth-order valence-corrected chi connectivity index (χ4v) is 2.44. The maximum atomic E-state index is 4.43. The minimum absolute atomic E-state index is 0.892. The summed E-state index contributed by atoms with van der Waals surface area (Å²) in [6.07, 6.45) is 7.86. The number of aryl methyl sites for hydroxylation is 1. The van der Waals surface area contributed by atoms with Crippen molar-refractivity contribution in [3.8, 4) is 11.4 Å². The third kappa shape index (κ3) is 3.87. The van der Waals surface area contributed by atoms with Crippen molar-refractivity contribution in [3.63, 3.8) is 0 Å². The van der Waals surface area contributed by atoms with E-state index in [4.69, 9.17) is 0 Å². The van der Waals surface area contributed by atoms with Gasteiger partial charge in [0, 0.05) is 32.2 Å². The van der Waals surface area contributed by atoms with E-state index < -0.39 is 0 Å². The predicted octanol–water partition coefficient (Wildman–Crippen LogP) is 4.69. The quantitative estimate of drug-likeness (QED) is 0.699. The fourth-order valence-electron chi connectivity index (χ4n) is 2.44. The molecule has 0 fully saturated rings. The van der Waals surface area contributed by atoms with Crippen LogP contribution in [0.1, 0.15) is 16.7 Å². The van der Waals surface area contributed by atoms with E-state index in [1.54, 1.807) is 0 Å². The van der Waals surface area contributed by atoms with Gasteiger partial charge in [0.15, 0.2) is 0 Å². The summed E-state index contributed by atoms with van der Waals surface area (Å²) in [4.78, 5) is 10.9. The largest absolute Gasteiger partial charge is 0.378 e. The van der Waals surface area contributed by atoms with Crippen LogP contribution in [0.4, 0.5) is 5.69 Å². The molecular formula is C21H21N3. The normalized spacial score (nSPS) is 11.0. The van der Waals surface area contributed by atoms with Crippen LogP contribution in [0.5, 0.6) is 0 Å². The molecule has 3 nitrogen and oxygen atoms in total. The maximum Gasteiger partial charge on any atom is 0.0892 e. The Bertz CT molecular complexity index is 849. The molecule has 0 aliphatic carbocycles. The van der Waals surface area contributed by atoms with Gasteiger partial charge in [-0.3, -0.25) is 9.97 Å². The maximum absolute atomic E-state index is 4.43. The molecule has 3 rings (SSSR count). The Balaban J connectivity index is 1.81. The number of hydrogen-bond donors (Lipinski definition) is 0. The first-order valence-corrected chi connectivity index (χ1v) is 7.96. The third-order valence-corrected chi connectivity index (χ3v) is 3.84. The van der Waals surface area contributed by atoms with Crippen molar-refractivity contribution in [3.05, 3.63) is 77.6 Å². The zero-order chi connectivity index (χ0) is 16.9. The number of rotatable bonds is 4. The molecule has 0 N–H and O–H groups in total. The lowest BCUT2D eigenvalue weighted by molar-refractivity contribution is 1.13. The summed E-state index contributed by atoms with van der Waals surface area (Å²) in [6.45, 7) is 2.06. The molecule has 0 atom stereocenters. The van der Waals surface area contributed by atoms with Crippen LogP contribution in [-0.2, 0) is 0 Å². The molecule has 0 amide bonds. The summed E-state index contributed by atoms with van der Waals surface area (Å²) in [5.74, 6) is 0. The van der Waals surface area contributed by atoms with Gasteiger partial charge in [-0.15, -0.1) is 0 Å². The Kier molecular flexibility index (Phi) is 4.71. The van der Waals surface area contributed by atoms with Crippen molar-refractivity contribution < 1.29 is 0 Å². The fraction of sp³-hybridized carbons (Fsp3) is 0.143. The lowest BCUT2D eigenvalue weighted by Crippen LogP contribution is -2.07. The summed E-state index contributed by atoms with van der Waals surface area (Å²) in [5, 5.41) is 0. The van der Waals surface area contributed by atoms with Gasteiger partial charge < -0.3 is 4.90 Å². The van der Waals surface area contributed by atoms with Crippen molar-refractivity contribution in [2.75, 3.05) is 19.0 Å². The van der Waals surface area contributed by atoms with Crippen LogP contribution >= 0.6 is 0 Å². The van der Waals surface area contributed by atoms with E-state index in [0.717, 1.165) is 17.0 Å². The molecule has 3 aromatic rings. The SMILES string of the molecule is Cc1ccnc(-c2cc(C=Cc3ccc(N(C)C)cc3)ccn2)c1. The monoisotopic (exact) mass is 315 g/mol. The summed E-state index contributed by atoms with van der Waals surface area (Å²) in [6, 6.07) is 16.6. The van der Waals surface area contributed by atoms with Crippen LogP contribution < -0.4 is 4.90 Å². The minimum atomic E-state index is 0.892. The second-order valence-electron chi connectivity index (χ2n) is 6.01. The van der Waals surface area contributed by atoms with Crippen molar-refractivity contribution in [2.24, 2.45) is 0 Å². The molecule has 0 aliphatic heterocycles. The highest BCUT2D eigenvalue weighted by atomic mass is 15.1. The lowest BCUT2D eigenvalue weighted by Gasteiger charge is -2.11. The van der Waals surface area contributed by atoms with Gasteiger partial charge in [-0.1, -0.05) is 24.3 Å². The molecular weight excluding hydrogens is 294 g/mol. The molecule has 0 unspecified atom stereocenters. The smallest absolute Gasteiger partial charge is 0.0892 e. The average Bonchev–Trinajstić information content (AvgIpc) is 2.60. The van der Waals surface area contributed by atoms with Gasteiger partial charge in [0.1, 0.15) is 0 Å². The van der Waals surface area contributed by atoms with Gasteiger partial charge in [-0.25, -0.2) is 0 Å². The van der Waals surface area contributed by atoms with Gasteiger partial charge >= 0.3 is 0 Å². The standard InChI is InChI=1S/C21H21N3/c1-16-10-12-22-20(14-16)21-15-18(11-13-23-21)5-4-17-6-8-19(9-7-17)24(2)3/h4-15H,1-3H3. The number of anilines is 1. The van der Waals surface area contributed by atoms with Crippen LogP contribution in [0.25, 0.3) is 23.5 Å². The van der Waals surface area contributed by atoms with Crippen molar-refractivity contribution >= 4 is 17.8 Å². The van der Waals surface area contributed by atoms with Crippen LogP contribution in [0.15, 0.2) is 60.9 Å². The highest BCUT2D eigenvalue weighted by Gasteiger charge is 2.01. The number of pyridine rings is 2. The summed E-state index contributed by atoms with van der Waals surface area (Å²) in [7, 11) is 4.09. The summed E-state index contributed by atoms with van der Waals surface area (Å²) >= 11 is 0. The van der Waals surface area contributed by atoms with Gasteiger partial charge in [-0.05, 0) is 60.0 Å². The highest BCUT2D eigenvalue weighted by molar-refractivity contribution is 5.72. The number of hydrogen-bond acceptors (Lipinski definition) is 3. The van der Waals surface area contributed by atoms with Crippen LogP contribution in [0.3, 0.4) is 0 Å². The Labute approximate surface area is 143 Å². The topological polar surface area (TPSA) is 29.0 Å². The Morgan fingerprint density at radius 2 is 1.38 bits per heavy atom. The number of benzene rings is 1. The van der Waals surface area contributed by atoms with Crippen LogP contribution in [0, 0.1) is 6.92 Å². The molecule has 0 bridgehead atoms. The van der Waals surface area contributed by atoms with E-state index in [2.05, 4.69) is 70.3 Å². The Morgan fingerprint density at radius 1 is 0.750 bits per heavy atom. The zero-order valence-electron chi connectivity index (χ0n) is 14.3. The number of nitrogens with zero attached hydrogens (tertiary/aromatic N) is 3. The minimum Gasteiger partial charge on any atom is -0.378 e. The van der Waals surface area contributed by atoms with Gasteiger partial charge in [0.05, 0.1) is 11.4 Å². The molecule has 0 radical (unpaired) electrons. The molecule has 0 saturated carbocycles. The molecule has 0 saturated heterocycles. The molecule has 120 valence electrons. The van der Waals surface area contributed by atoms with Crippen molar-refractivity contribution in [2.45, 2.75) is 6.92 Å². The van der Waals surface area contributed by atoms with Crippen molar-refractivity contribution in [1.29, 1.82) is 0 Å². The lowest BCUT2D eigenvalue weighted by atomic mass is 10.1. The first-order chi connectivity index (χ1) is 11.6. The molecule has 24 heavy (non-hydrogen) atoms. The second kappa shape index (κ2) is 7.09. The Morgan fingerprint density at radius 3 is 2.04 bits per heavy atom. The van der Waals surface area contributed by atoms with E-state index in [1.165, 1.54) is 16.8 Å². The van der Waals surface area contributed by atoms with E-state index in [0.29, 0.717) is 0 Å². The Hall–Kier alpha value is -2.94. The van der Waals surface area contributed by atoms with Gasteiger partial charge in [0.2, 0.25) is 0 Å². The van der Waals surface area contributed by atoms with Gasteiger partial charge in [0.25, 0.3) is 0 Å². The highest BCUT2D eigenvalue weighted by Crippen LogP contribution is 2.18. The average molecular weight is 315 g/mol. The molecule has 0 aliphatic rings. The molecule has 0 spiro atoms. The first-order valence-electron chi connectivity index (χ1n) is 7.96. The van der Waals surface area contributed by atoms with Crippen molar-refractivity contribution in [1.82, 2.24) is 9.97 Å². The van der Waals surface area contributed by atoms with E-state index in [1.807, 2.05) is 38.6 Å². The third-order valence-electron chi connectivity index (χ3n) is 3.84. The zero-order valence-corrected chi connectivity index (χ0v) is 14.3. The number of aromatic nitrogens is 2. The summed E-state index contributed by atoms with van der Waals surface area (Å²) < 4.78 is 0. The summed E-state index contributed by atoms with van der Waals surface area (Å²) in [5.41, 5.74) is 6.46. The molecule has 2 heterocycles. The molecule has 2 aromatic heterocycles. The first kappa shape index (κ1) is 15.9. The van der Waals surface area contributed by atoms with E-state index >= 15 is 0 Å². The van der Waals surface area contributed by atoms with Gasteiger partial charge in [-0.2, -0.15) is 0 Å². The van der Waals surface area contributed by atoms with Crippen LogP contribution in [-0.4, -0.2) is 24.1 Å². The van der Waals surface area contributed by atoms with E-state index in [-0.39, 0.29) is 0 Å².